The first-order valence-corrected chi connectivity index (χ1v) is 8.91. The quantitative estimate of drug-likeness (QED) is 0.527. The van der Waals surface area contributed by atoms with E-state index in [0.717, 1.165) is 10.0 Å². The van der Waals surface area contributed by atoms with E-state index in [1.807, 2.05) is 24.3 Å². The van der Waals surface area contributed by atoms with Crippen molar-refractivity contribution >= 4 is 38.3 Å². The molecule has 7 heteroatoms. The fourth-order valence-electron chi connectivity index (χ4n) is 2.58. The molecule has 2 aromatic carbocycles. The molecular weight excluding hydrogens is 396 g/mol. The minimum absolute atomic E-state index is 0.174. The van der Waals surface area contributed by atoms with Gasteiger partial charge in [0.2, 0.25) is 0 Å². The molecule has 0 radical (unpaired) electrons. The number of hydrazone groups is 1. The van der Waals surface area contributed by atoms with Gasteiger partial charge in [-0.25, -0.2) is 10.1 Å². The Labute approximate surface area is 158 Å². The Morgan fingerprint density at radius 2 is 1.92 bits per heavy atom. The summed E-state index contributed by atoms with van der Waals surface area (Å²) in [5, 5.41) is 9.33. The molecule has 0 fully saturated rings. The summed E-state index contributed by atoms with van der Waals surface area (Å²) < 4.78 is 2.21. The third-order valence-electron chi connectivity index (χ3n) is 3.95. The van der Waals surface area contributed by atoms with Gasteiger partial charge in [-0.1, -0.05) is 46.3 Å². The van der Waals surface area contributed by atoms with E-state index >= 15 is 0 Å². The highest BCUT2D eigenvalue weighted by atomic mass is 79.9. The number of aromatic nitrogens is 2. The minimum Gasteiger partial charge on any atom is -0.267 e. The lowest BCUT2D eigenvalue weighted by Gasteiger charge is -2.09. The molecule has 0 bridgehead atoms. The van der Waals surface area contributed by atoms with Gasteiger partial charge in [-0.3, -0.25) is 9.59 Å². The number of aryl methyl sites for hydroxylation is 1. The van der Waals surface area contributed by atoms with Crippen LogP contribution in [0.4, 0.5) is 0 Å². The number of halogens is 1. The van der Waals surface area contributed by atoms with Crippen LogP contribution in [0, 0.1) is 0 Å². The van der Waals surface area contributed by atoms with Crippen molar-refractivity contribution in [2.75, 3.05) is 0 Å². The van der Waals surface area contributed by atoms with Crippen LogP contribution in [0.1, 0.15) is 29.9 Å². The lowest BCUT2D eigenvalue weighted by molar-refractivity contribution is 0.0949. The fourth-order valence-corrected chi connectivity index (χ4v) is 2.98. The number of benzene rings is 2. The second-order valence-electron chi connectivity index (χ2n) is 5.66. The number of hydrogen-bond donors (Lipinski definition) is 1. The number of fused-ring (bicyclic) bond motifs is 1. The molecule has 0 aliphatic heterocycles. The molecule has 0 saturated heterocycles. The molecule has 26 heavy (non-hydrogen) atoms. The molecule has 0 aliphatic carbocycles. The van der Waals surface area contributed by atoms with Crippen molar-refractivity contribution in [1.82, 2.24) is 15.2 Å². The molecule has 3 aromatic rings. The van der Waals surface area contributed by atoms with E-state index in [9.17, 15) is 9.59 Å². The maximum atomic E-state index is 12.6. The highest BCUT2D eigenvalue weighted by Gasteiger charge is 2.16. The summed E-state index contributed by atoms with van der Waals surface area (Å²) in [5.74, 6) is -0.460. The van der Waals surface area contributed by atoms with Crippen molar-refractivity contribution in [2.24, 2.45) is 5.10 Å². The summed E-state index contributed by atoms with van der Waals surface area (Å²) in [7, 11) is 0. The molecule has 3 rings (SSSR count). The van der Waals surface area contributed by atoms with Crippen molar-refractivity contribution in [2.45, 2.75) is 20.4 Å². The van der Waals surface area contributed by atoms with Crippen molar-refractivity contribution in [3.05, 3.63) is 74.6 Å². The first-order valence-electron chi connectivity index (χ1n) is 8.11. The van der Waals surface area contributed by atoms with Crippen molar-refractivity contribution in [1.29, 1.82) is 0 Å². The second kappa shape index (κ2) is 7.61. The van der Waals surface area contributed by atoms with E-state index in [1.165, 1.54) is 4.68 Å². The first kappa shape index (κ1) is 18.0. The van der Waals surface area contributed by atoms with E-state index in [2.05, 4.69) is 31.6 Å². The number of rotatable bonds is 4. The second-order valence-corrected chi connectivity index (χ2v) is 6.58. The van der Waals surface area contributed by atoms with Crippen LogP contribution in [-0.2, 0) is 6.54 Å². The van der Waals surface area contributed by atoms with Crippen LogP contribution in [0.5, 0.6) is 0 Å². The third-order valence-corrected chi connectivity index (χ3v) is 4.44. The zero-order valence-corrected chi connectivity index (χ0v) is 15.9. The maximum Gasteiger partial charge on any atom is 0.292 e. The molecule has 0 spiro atoms. The van der Waals surface area contributed by atoms with E-state index in [-0.39, 0.29) is 11.3 Å². The monoisotopic (exact) mass is 412 g/mol. The maximum absolute atomic E-state index is 12.6. The summed E-state index contributed by atoms with van der Waals surface area (Å²) >= 11 is 3.41. The van der Waals surface area contributed by atoms with Gasteiger partial charge >= 0.3 is 0 Å². The summed E-state index contributed by atoms with van der Waals surface area (Å²) in [6, 6.07) is 14.6. The molecule has 0 atom stereocenters. The largest absolute Gasteiger partial charge is 0.292 e. The highest BCUT2D eigenvalue weighted by molar-refractivity contribution is 9.10. The number of amides is 1. The normalized spacial score (nSPS) is 11.6. The number of carbonyl (C=O) groups is 1. The predicted molar refractivity (Wildman–Crippen MR) is 105 cm³/mol. The van der Waals surface area contributed by atoms with Crippen LogP contribution in [0.25, 0.3) is 10.8 Å². The Hall–Kier alpha value is -2.80. The first-order chi connectivity index (χ1) is 12.5. The van der Waals surface area contributed by atoms with E-state index in [1.54, 1.807) is 38.1 Å². The predicted octanol–water partition coefficient (Wildman–Crippen LogP) is 3.33. The van der Waals surface area contributed by atoms with Gasteiger partial charge in [0.25, 0.3) is 11.5 Å². The number of nitrogens with zero attached hydrogens (tertiary/aromatic N) is 3. The summed E-state index contributed by atoms with van der Waals surface area (Å²) in [6.45, 7) is 3.99. The Morgan fingerprint density at radius 1 is 1.19 bits per heavy atom. The Bertz CT molecular complexity index is 1070. The van der Waals surface area contributed by atoms with Crippen LogP contribution < -0.4 is 11.0 Å². The number of carbonyl (C=O) groups excluding carboxylic acids is 1. The Kier molecular flexibility index (Phi) is 5.27. The van der Waals surface area contributed by atoms with Gasteiger partial charge in [0, 0.05) is 16.4 Å². The van der Waals surface area contributed by atoms with Crippen LogP contribution >= 0.6 is 15.9 Å². The molecule has 0 saturated carbocycles. The Morgan fingerprint density at radius 3 is 2.62 bits per heavy atom. The number of hydrogen-bond acceptors (Lipinski definition) is 4. The molecule has 1 heterocycles. The van der Waals surface area contributed by atoms with Gasteiger partial charge in [0.15, 0.2) is 5.69 Å². The molecule has 6 nitrogen and oxygen atoms in total. The molecule has 132 valence electrons. The lowest BCUT2D eigenvalue weighted by atomic mass is 10.1. The standard InChI is InChI=1S/C19H17BrN4O2/c1-3-24-19(26)16-10-5-4-9-15(16)17(23-24)18(25)22-21-12(2)13-7-6-8-14(20)11-13/h4-11H,3H2,1-2H3,(H,22,25)/b21-12+. The van der Waals surface area contributed by atoms with Crippen LogP contribution in [0.3, 0.4) is 0 Å². The van der Waals surface area contributed by atoms with Gasteiger partial charge in [-0.15, -0.1) is 0 Å². The van der Waals surface area contributed by atoms with Crippen molar-refractivity contribution < 1.29 is 4.79 Å². The molecule has 1 aromatic heterocycles. The van der Waals surface area contributed by atoms with E-state index in [4.69, 9.17) is 0 Å². The highest BCUT2D eigenvalue weighted by Crippen LogP contribution is 2.14. The molecule has 1 amide bonds. The van der Waals surface area contributed by atoms with Crippen LogP contribution in [-0.4, -0.2) is 21.4 Å². The van der Waals surface area contributed by atoms with Crippen molar-refractivity contribution in [3.63, 3.8) is 0 Å². The SMILES string of the molecule is CCn1nc(C(=O)N/N=C(\C)c2cccc(Br)c2)c2ccccc2c1=O. The molecular formula is C19H17BrN4O2. The zero-order chi connectivity index (χ0) is 18.7. The van der Waals surface area contributed by atoms with E-state index < -0.39 is 5.91 Å². The molecule has 0 aliphatic rings. The van der Waals surface area contributed by atoms with E-state index in [0.29, 0.717) is 23.0 Å². The molecule has 1 N–H and O–H groups in total. The van der Waals surface area contributed by atoms with Gasteiger partial charge in [-0.05, 0) is 37.6 Å². The zero-order valence-electron chi connectivity index (χ0n) is 14.4. The fraction of sp³-hybridized carbons (Fsp3) is 0.158. The average Bonchev–Trinajstić information content (AvgIpc) is 2.66. The van der Waals surface area contributed by atoms with Gasteiger partial charge < -0.3 is 0 Å². The summed E-state index contributed by atoms with van der Waals surface area (Å²) in [5.41, 5.74) is 4.04. The summed E-state index contributed by atoms with van der Waals surface area (Å²) in [6.07, 6.45) is 0. The van der Waals surface area contributed by atoms with Gasteiger partial charge in [0.1, 0.15) is 0 Å². The van der Waals surface area contributed by atoms with Crippen LogP contribution in [0.2, 0.25) is 0 Å². The molecule has 0 unspecified atom stereocenters. The van der Waals surface area contributed by atoms with Crippen molar-refractivity contribution in [3.8, 4) is 0 Å². The lowest BCUT2D eigenvalue weighted by Crippen LogP contribution is -2.28. The van der Waals surface area contributed by atoms with Crippen LogP contribution in [0.15, 0.2) is 62.9 Å². The third kappa shape index (κ3) is 3.57. The topological polar surface area (TPSA) is 76.3 Å². The van der Waals surface area contributed by atoms with Gasteiger partial charge in [0.05, 0.1) is 11.1 Å². The Balaban J connectivity index is 1.97. The smallest absolute Gasteiger partial charge is 0.267 e. The number of nitrogens with one attached hydrogen (secondary N) is 1. The average molecular weight is 413 g/mol. The van der Waals surface area contributed by atoms with Gasteiger partial charge in [-0.2, -0.15) is 10.2 Å². The minimum atomic E-state index is -0.460. The summed E-state index contributed by atoms with van der Waals surface area (Å²) in [4.78, 5) is 25.0.